The molecule has 0 N–H and O–H groups in total. The Kier molecular flexibility index (Phi) is 6.69. The fourth-order valence-electron chi connectivity index (χ4n) is 2.18. The van der Waals surface area contributed by atoms with Gasteiger partial charge in [-0.2, -0.15) is 12.6 Å². The van der Waals surface area contributed by atoms with E-state index in [4.69, 9.17) is 4.74 Å². The molecule has 0 saturated carbocycles. The maximum Gasteiger partial charge on any atom is 0.0698 e. The van der Waals surface area contributed by atoms with E-state index >= 15 is 0 Å². The van der Waals surface area contributed by atoms with Crippen LogP contribution >= 0.6 is 12.6 Å². The molecule has 1 fully saturated rings. The molecule has 0 aromatic heterocycles. The molecule has 0 amide bonds. The summed E-state index contributed by atoms with van der Waals surface area (Å²) in [6.07, 6.45) is 5.54. The number of piperidine rings is 1. The Morgan fingerprint density at radius 1 is 1.47 bits per heavy atom. The van der Waals surface area contributed by atoms with Crippen LogP contribution in [0.15, 0.2) is 0 Å². The molecule has 0 radical (unpaired) electrons. The summed E-state index contributed by atoms with van der Waals surface area (Å²) in [7, 11) is 1.83. The first-order valence-corrected chi connectivity index (χ1v) is 6.75. The van der Waals surface area contributed by atoms with Crippen molar-refractivity contribution in [3.8, 4) is 0 Å². The Hall–Kier alpha value is 0.270. The minimum atomic E-state index is 0.471. The summed E-state index contributed by atoms with van der Waals surface area (Å²) in [6, 6.07) is 0. The van der Waals surface area contributed by atoms with Gasteiger partial charge in [-0.25, -0.2) is 0 Å². The molecule has 1 saturated heterocycles. The lowest BCUT2D eigenvalue weighted by Gasteiger charge is -2.32. The molecule has 0 bridgehead atoms. The second kappa shape index (κ2) is 7.53. The van der Waals surface area contributed by atoms with E-state index in [1.165, 1.54) is 38.8 Å². The lowest BCUT2D eigenvalue weighted by Crippen LogP contribution is -2.40. The molecule has 2 nitrogen and oxygen atoms in total. The fraction of sp³-hybridized carbons (Fsp3) is 1.00. The zero-order chi connectivity index (χ0) is 11.1. The lowest BCUT2D eigenvalue weighted by molar-refractivity contribution is 0.0297. The summed E-state index contributed by atoms with van der Waals surface area (Å²) in [5.41, 5.74) is 0. The average Bonchev–Trinajstić information content (AvgIpc) is 2.27. The molecule has 0 aromatic rings. The van der Waals surface area contributed by atoms with Crippen LogP contribution in [-0.2, 0) is 4.74 Å². The summed E-state index contributed by atoms with van der Waals surface area (Å²) in [4.78, 5) is 2.55. The number of thiol groups is 1. The smallest absolute Gasteiger partial charge is 0.0698 e. The quantitative estimate of drug-likeness (QED) is 0.705. The predicted molar refractivity (Wildman–Crippen MR) is 68.7 cm³/mol. The lowest BCUT2D eigenvalue weighted by atomic mass is 10.0. The Morgan fingerprint density at radius 2 is 2.27 bits per heavy atom. The molecular weight excluding hydrogens is 206 g/mol. The van der Waals surface area contributed by atoms with Crippen molar-refractivity contribution < 1.29 is 4.74 Å². The van der Waals surface area contributed by atoms with E-state index in [9.17, 15) is 0 Å². The normalized spacial score (nSPS) is 25.4. The number of hydrogen-bond acceptors (Lipinski definition) is 3. The van der Waals surface area contributed by atoms with Crippen molar-refractivity contribution in [1.82, 2.24) is 4.90 Å². The largest absolute Gasteiger partial charge is 0.380 e. The number of methoxy groups -OCH3 is 1. The SMILES string of the molecule is COC1CCCN(CCC(C)CCS)C1. The summed E-state index contributed by atoms with van der Waals surface area (Å²) in [5.74, 6) is 1.83. The van der Waals surface area contributed by atoms with Gasteiger partial charge in [-0.3, -0.25) is 0 Å². The van der Waals surface area contributed by atoms with Gasteiger partial charge in [0.05, 0.1) is 6.10 Å². The van der Waals surface area contributed by atoms with E-state index in [0.29, 0.717) is 6.10 Å². The fourth-order valence-corrected chi connectivity index (χ4v) is 2.62. The van der Waals surface area contributed by atoms with E-state index in [-0.39, 0.29) is 0 Å². The van der Waals surface area contributed by atoms with Gasteiger partial charge >= 0.3 is 0 Å². The maximum absolute atomic E-state index is 5.42. The summed E-state index contributed by atoms with van der Waals surface area (Å²) >= 11 is 4.28. The van der Waals surface area contributed by atoms with Crippen LogP contribution in [0.3, 0.4) is 0 Å². The first kappa shape index (κ1) is 13.3. The molecule has 0 spiro atoms. The van der Waals surface area contributed by atoms with Gasteiger partial charge in [-0.05, 0) is 50.4 Å². The molecule has 0 aliphatic carbocycles. The molecule has 2 atom stereocenters. The second-order valence-electron chi connectivity index (χ2n) is 4.71. The van der Waals surface area contributed by atoms with Crippen LogP contribution in [0.5, 0.6) is 0 Å². The first-order chi connectivity index (χ1) is 7.26. The Morgan fingerprint density at radius 3 is 2.93 bits per heavy atom. The number of hydrogen-bond donors (Lipinski definition) is 1. The van der Waals surface area contributed by atoms with Gasteiger partial charge in [0.1, 0.15) is 0 Å². The Balaban J connectivity index is 2.14. The van der Waals surface area contributed by atoms with E-state index < -0.39 is 0 Å². The molecule has 2 unspecified atom stereocenters. The second-order valence-corrected chi connectivity index (χ2v) is 5.15. The molecule has 3 heteroatoms. The monoisotopic (exact) mass is 231 g/mol. The standard InChI is InChI=1S/C12H25NOS/c1-11(6-9-15)5-8-13-7-3-4-12(10-13)14-2/h11-12,15H,3-10H2,1-2H3. The van der Waals surface area contributed by atoms with E-state index in [2.05, 4.69) is 24.5 Å². The zero-order valence-electron chi connectivity index (χ0n) is 10.1. The molecule has 1 aliphatic rings. The third-order valence-electron chi connectivity index (χ3n) is 3.36. The topological polar surface area (TPSA) is 12.5 Å². The third kappa shape index (κ3) is 5.23. The van der Waals surface area contributed by atoms with Crippen LogP contribution in [-0.4, -0.2) is 43.5 Å². The average molecular weight is 231 g/mol. The summed E-state index contributed by atoms with van der Waals surface area (Å²) in [6.45, 7) is 5.94. The van der Waals surface area contributed by atoms with Gasteiger partial charge in [0.15, 0.2) is 0 Å². The van der Waals surface area contributed by atoms with Crippen LogP contribution in [0.1, 0.15) is 32.6 Å². The third-order valence-corrected chi connectivity index (χ3v) is 3.61. The molecule has 1 rings (SSSR count). The van der Waals surface area contributed by atoms with Gasteiger partial charge in [-0.15, -0.1) is 0 Å². The van der Waals surface area contributed by atoms with Crippen molar-refractivity contribution in [3.05, 3.63) is 0 Å². The molecule has 90 valence electrons. The highest BCUT2D eigenvalue weighted by molar-refractivity contribution is 7.80. The van der Waals surface area contributed by atoms with Crippen molar-refractivity contribution in [1.29, 1.82) is 0 Å². The van der Waals surface area contributed by atoms with Crippen molar-refractivity contribution in [2.24, 2.45) is 5.92 Å². The highest BCUT2D eigenvalue weighted by atomic mass is 32.1. The van der Waals surface area contributed by atoms with Crippen LogP contribution in [0.25, 0.3) is 0 Å². The minimum Gasteiger partial charge on any atom is -0.380 e. The van der Waals surface area contributed by atoms with Crippen molar-refractivity contribution in [2.45, 2.75) is 38.7 Å². The van der Waals surface area contributed by atoms with Crippen molar-refractivity contribution in [3.63, 3.8) is 0 Å². The number of nitrogens with zero attached hydrogens (tertiary/aromatic N) is 1. The van der Waals surface area contributed by atoms with E-state index in [0.717, 1.165) is 18.2 Å². The van der Waals surface area contributed by atoms with Crippen LogP contribution in [0, 0.1) is 5.92 Å². The maximum atomic E-state index is 5.42. The molecule has 0 aromatic carbocycles. The van der Waals surface area contributed by atoms with Gasteiger partial charge in [-0.1, -0.05) is 6.92 Å². The Bertz CT molecular complexity index is 166. The number of likely N-dealkylation sites (tertiary alicyclic amines) is 1. The molecule has 1 heterocycles. The van der Waals surface area contributed by atoms with E-state index in [1.54, 1.807) is 0 Å². The van der Waals surface area contributed by atoms with Crippen LogP contribution in [0.4, 0.5) is 0 Å². The van der Waals surface area contributed by atoms with Gasteiger partial charge < -0.3 is 9.64 Å². The predicted octanol–water partition coefficient (Wildman–Crippen LogP) is 2.44. The summed E-state index contributed by atoms with van der Waals surface area (Å²) in [5, 5.41) is 0. The van der Waals surface area contributed by atoms with Gasteiger partial charge in [0.25, 0.3) is 0 Å². The van der Waals surface area contributed by atoms with Gasteiger partial charge in [0.2, 0.25) is 0 Å². The Labute approximate surface area is 99.8 Å². The molecule has 15 heavy (non-hydrogen) atoms. The van der Waals surface area contributed by atoms with Gasteiger partial charge in [0, 0.05) is 13.7 Å². The number of rotatable bonds is 6. The van der Waals surface area contributed by atoms with Crippen molar-refractivity contribution in [2.75, 3.05) is 32.5 Å². The molecular formula is C12H25NOS. The minimum absolute atomic E-state index is 0.471. The van der Waals surface area contributed by atoms with Crippen LogP contribution in [0.2, 0.25) is 0 Å². The first-order valence-electron chi connectivity index (χ1n) is 6.12. The highest BCUT2D eigenvalue weighted by Crippen LogP contribution is 2.15. The zero-order valence-corrected chi connectivity index (χ0v) is 11.0. The van der Waals surface area contributed by atoms with E-state index in [1.807, 2.05) is 7.11 Å². The summed E-state index contributed by atoms with van der Waals surface area (Å²) < 4.78 is 5.42. The van der Waals surface area contributed by atoms with Crippen molar-refractivity contribution >= 4 is 12.6 Å². The molecule has 1 aliphatic heterocycles. The highest BCUT2D eigenvalue weighted by Gasteiger charge is 2.19. The van der Waals surface area contributed by atoms with Crippen LogP contribution < -0.4 is 0 Å². The number of ether oxygens (including phenoxy) is 1.